The highest BCUT2D eigenvalue weighted by Gasteiger charge is 2.35. The number of hydrogen-bond acceptors (Lipinski definition) is 0. The lowest BCUT2D eigenvalue weighted by molar-refractivity contribution is 0.0890. The standard InChI is InChI=1S/C12H23/c1-5-12(10(2)3)8-6-7-11(4)9-12/h10-11H,1,5-9H2,2-4H3. The molecule has 0 aromatic rings. The van der Waals surface area contributed by atoms with Gasteiger partial charge in [-0.3, -0.25) is 0 Å². The molecule has 0 saturated heterocycles. The molecular weight excluding hydrogens is 144 g/mol. The van der Waals surface area contributed by atoms with Gasteiger partial charge < -0.3 is 0 Å². The van der Waals surface area contributed by atoms with Crippen molar-refractivity contribution >= 4 is 0 Å². The van der Waals surface area contributed by atoms with Gasteiger partial charge in [0.25, 0.3) is 0 Å². The Morgan fingerprint density at radius 3 is 2.50 bits per heavy atom. The van der Waals surface area contributed by atoms with E-state index in [9.17, 15) is 0 Å². The van der Waals surface area contributed by atoms with Crippen molar-refractivity contribution in [3.8, 4) is 0 Å². The van der Waals surface area contributed by atoms with Gasteiger partial charge in [0.2, 0.25) is 0 Å². The van der Waals surface area contributed by atoms with E-state index >= 15 is 0 Å². The fourth-order valence-corrected chi connectivity index (χ4v) is 2.74. The van der Waals surface area contributed by atoms with Gasteiger partial charge in [0.05, 0.1) is 0 Å². The van der Waals surface area contributed by atoms with Crippen molar-refractivity contribution in [3.05, 3.63) is 6.92 Å². The van der Waals surface area contributed by atoms with E-state index in [2.05, 4.69) is 27.7 Å². The minimum Gasteiger partial charge on any atom is -0.0625 e. The highest BCUT2D eigenvalue weighted by atomic mass is 14.4. The maximum atomic E-state index is 4.14. The van der Waals surface area contributed by atoms with E-state index in [0.29, 0.717) is 5.41 Å². The molecule has 0 aliphatic heterocycles. The Morgan fingerprint density at radius 2 is 2.17 bits per heavy atom. The fraction of sp³-hybridized carbons (Fsp3) is 0.917. The van der Waals surface area contributed by atoms with E-state index in [0.717, 1.165) is 18.3 Å². The highest BCUT2D eigenvalue weighted by Crippen LogP contribution is 2.46. The lowest BCUT2D eigenvalue weighted by Crippen LogP contribution is -2.32. The summed E-state index contributed by atoms with van der Waals surface area (Å²) in [5.74, 6) is 1.75. The molecule has 0 heteroatoms. The summed E-state index contributed by atoms with van der Waals surface area (Å²) in [5.41, 5.74) is 0.581. The van der Waals surface area contributed by atoms with Crippen molar-refractivity contribution in [3.63, 3.8) is 0 Å². The largest absolute Gasteiger partial charge is 0.0625 e. The van der Waals surface area contributed by atoms with Gasteiger partial charge in [0.15, 0.2) is 0 Å². The monoisotopic (exact) mass is 167 g/mol. The Morgan fingerprint density at radius 1 is 1.50 bits per heavy atom. The quantitative estimate of drug-likeness (QED) is 0.581. The Kier molecular flexibility index (Phi) is 3.20. The van der Waals surface area contributed by atoms with E-state index in [1.165, 1.54) is 25.7 Å². The topological polar surface area (TPSA) is 0 Å². The minimum atomic E-state index is 0.581. The molecule has 1 fully saturated rings. The summed E-state index contributed by atoms with van der Waals surface area (Å²) < 4.78 is 0. The number of hydrogen-bond donors (Lipinski definition) is 0. The molecule has 0 nitrogen and oxygen atoms in total. The predicted molar refractivity (Wildman–Crippen MR) is 54.9 cm³/mol. The second-order valence-corrected chi connectivity index (χ2v) is 4.97. The molecule has 71 valence electrons. The molecule has 1 rings (SSSR count). The van der Waals surface area contributed by atoms with E-state index in [4.69, 9.17) is 0 Å². The Bertz CT molecular complexity index is 137. The van der Waals surface area contributed by atoms with Crippen molar-refractivity contribution in [1.82, 2.24) is 0 Å². The second kappa shape index (κ2) is 3.81. The third-order valence-electron chi connectivity index (χ3n) is 3.85. The lowest BCUT2D eigenvalue weighted by Gasteiger charge is -2.43. The summed E-state index contributed by atoms with van der Waals surface area (Å²) in [4.78, 5) is 0. The van der Waals surface area contributed by atoms with Crippen molar-refractivity contribution in [2.75, 3.05) is 0 Å². The van der Waals surface area contributed by atoms with Crippen LogP contribution in [-0.4, -0.2) is 0 Å². The Labute approximate surface area is 77.7 Å². The zero-order valence-corrected chi connectivity index (χ0v) is 8.90. The molecule has 1 aliphatic rings. The molecular formula is C12H23. The van der Waals surface area contributed by atoms with Gasteiger partial charge in [-0.05, 0) is 36.5 Å². The van der Waals surface area contributed by atoms with E-state index in [1.807, 2.05) is 0 Å². The molecule has 0 spiro atoms. The molecule has 2 atom stereocenters. The van der Waals surface area contributed by atoms with E-state index < -0.39 is 0 Å². The smallest absolute Gasteiger partial charge is 0.0272 e. The first kappa shape index (κ1) is 10.1. The van der Waals surface area contributed by atoms with Crippen molar-refractivity contribution in [2.45, 2.75) is 52.9 Å². The van der Waals surface area contributed by atoms with Gasteiger partial charge in [0.1, 0.15) is 0 Å². The Balaban J connectivity index is 2.64. The zero-order valence-electron chi connectivity index (χ0n) is 8.90. The SMILES string of the molecule is [CH2]CC1(C(C)C)CCCC(C)C1. The molecule has 1 saturated carbocycles. The van der Waals surface area contributed by atoms with Gasteiger partial charge >= 0.3 is 0 Å². The Hall–Kier alpha value is 0. The molecule has 2 unspecified atom stereocenters. The van der Waals surface area contributed by atoms with Crippen LogP contribution in [0.1, 0.15) is 52.9 Å². The zero-order chi connectivity index (χ0) is 9.19. The van der Waals surface area contributed by atoms with Crippen molar-refractivity contribution < 1.29 is 0 Å². The molecule has 12 heavy (non-hydrogen) atoms. The highest BCUT2D eigenvalue weighted by molar-refractivity contribution is 4.88. The van der Waals surface area contributed by atoms with Gasteiger partial charge in [-0.1, -0.05) is 40.5 Å². The van der Waals surface area contributed by atoms with Crippen LogP contribution in [0.5, 0.6) is 0 Å². The molecule has 0 aromatic heterocycles. The maximum absolute atomic E-state index is 4.14. The van der Waals surface area contributed by atoms with Crippen LogP contribution in [-0.2, 0) is 0 Å². The van der Waals surface area contributed by atoms with Gasteiger partial charge in [-0.2, -0.15) is 0 Å². The summed E-state index contributed by atoms with van der Waals surface area (Å²) in [6.45, 7) is 11.3. The minimum absolute atomic E-state index is 0.581. The first-order valence-corrected chi connectivity index (χ1v) is 5.40. The van der Waals surface area contributed by atoms with Crippen molar-refractivity contribution in [1.29, 1.82) is 0 Å². The molecule has 1 radical (unpaired) electrons. The normalized spacial score (nSPS) is 37.2. The second-order valence-electron chi connectivity index (χ2n) is 4.97. The summed E-state index contributed by atoms with van der Waals surface area (Å²) in [6.07, 6.45) is 6.82. The average Bonchev–Trinajstić information content (AvgIpc) is 2.04. The van der Waals surface area contributed by atoms with Crippen LogP contribution in [0, 0.1) is 24.2 Å². The van der Waals surface area contributed by atoms with Crippen LogP contribution in [0.3, 0.4) is 0 Å². The summed E-state index contributed by atoms with van der Waals surface area (Å²) in [5, 5.41) is 0. The maximum Gasteiger partial charge on any atom is -0.0272 e. The number of rotatable bonds is 2. The third kappa shape index (κ3) is 1.84. The molecule has 1 aliphatic carbocycles. The van der Waals surface area contributed by atoms with Crippen LogP contribution in [0.4, 0.5) is 0 Å². The van der Waals surface area contributed by atoms with Crippen LogP contribution < -0.4 is 0 Å². The fourth-order valence-electron chi connectivity index (χ4n) is 2.74. The van der Waals surface area contributed by atoms with Crippen LogP contribution in [0.2, 0.25) is 0 Å². The molecule has 0 bridgehead atoms. The van der Waals surface area contributed by atoms with E-state index in [1.54, 1.807) is 0 Å². The lowest BCUT2D eigenvalue weighted by atomic mass is 9.63. The summed E-state index contributed by atoms with van der Waals surface area (Å²) in [7, 11) is 0. The first-order chi connectivity index (χ1) is 5.60. The van der Waals surface area contributed by atoms with Gasteiger partial charge in [-0.15, -0.1) is 0 Å². The molecule has 0 N–H and O–H groups in total. The van der Waals surface area contributed by atoms with Gasteiger partial charge in [0, 0.05) is 0 Å². The van der Waals surface area contributed by atoms with Crippen molar-refractivity contribution in [2.24, 2.45) is 17.3 Å². The molecule has 0 amide bonds. The van der Waals surface area contributed by atoms with Crippen LogP contribution >= 0.6 is 0 Å². The predicted octanol–water partition coefficient (Wildman–Crippen LogP) is 4.06. The summed E-state index contributed by atoms with van der Waals surface area (Å²) in [6, 6.07) is 0. The first-order valence-electron chi connectivity index (χ1n) is 5.40. The average molecular weight is 167 g/mol. The van der Waals surface area contributed by atoms with Crippen LogP contribution in [0.15, 0.2) is 0 Å². The third-order valence-corrected chi connectivity index (χ3v) is 3.85. The molecule has 0 aromatic carbocycles. The molecule has 0 heterocycles. The summed E-state index contributed by atoms with van der Waals surface area (Å²) >= 11 is 0. The van der Waals surface area contributed by atoms with Gasteiger partial charge in [-0.25, -0.2) is 0 Å². The van der Waals surface area contributed by atoms with Crippen LogP contribution in [0.25, 0.3) is 0 Å². The van der Waals surface area contributed by atoms with E-state index in [-0.39, 0.29) is 0 Å².